The Hall–Kier alpha value is -4.47. The van der Waals surface area contributed by atoms with Crippen LogP contribution in [0.2, 0.25) is 0 Å². The van der Waals surface area contributed by atoms with E-state index in [1.165, 1.54) is 11.1 Å². The monoisotopic (exact) mass is 767 g/mol. The van der Waals surface area contributed by atoms with E-state index < -0.39 is 11.9 Å². The molecule has 0 heterocycles. The predicted molar refractivity (Wildman–Crippen MR) is 211 cm³/mol. The molecule has 287 valence electrons. The Balaban J connectivity index is 0.00000142. The van der Waals surface area contributed by atoms with Crippen molar-refractivity contribution in [3.8, 4) is 11.5 Å². The number of aromatic hydroxyl groups is 2. The first-order chi connectivity index (χ1) is 24.3. The van der Waals surface area contributed by atoms with Crippen LogP contribution in [0.5, 0.6) is 11.5 Å². The number of rotatable bonds is 10. The van der Waals surface area contributed by atoms with E-state index in [2.05, 4.69) is 91.8 Å². The van der Waals surface area contributed by atoms with Gasteiger partial charge in [-0.15, -0.1) is 0 Å². The fourth-order valence-electron chi connectivity index (χ4n) is 5.53. The van der Waals surface area contributed by atoms with Gasteiger partial charge in [0.1, 0.15) is 11.5 Å². The van der Waals surface area contributed by atoms with Gasteiger partial charge in [-0.1, -0.05) is 105 Å². The Morgan fingerprint density at radius 2 is 0.962 bits per heavy atom. The number of hydrogen-bond donors (Lipinski definition) is 2. The van der Waals surface area contributed by atoms with Crippen molar-refractivity contribution in [3.63, 3.8) is 0 Å². The zero-order chi connectivity index (χ0) is 39.2. The molecule has 0 aliphatic heterocycles. The molecule has 0 aliphatic rings. The first-order valence-corrected chi connectivity index (χ1v) is 18.0. The number of phenolic OH excluding ortho intramolecular Hbond substituents is 2. The number of benzene rings is 4. The molecule has 2 N–H and O–H groups in total. The van der Waals surface area contributed by atoms with Crippen molar-refractivity contribution < 1.29 is 46.8 Å². The Morgan fingerprint density at radius 1 is 0.642 bits per heavy atom. The van der Waals surface area contributed by atoms with E-state index in [1.807, 2.05) is 24.3 Å². The number of carboxylic acid groups (broad SMARTS) is 2. The molecule has 0 saturated carbocycles. The molecule has 1 radical (unpaired) electrons. The summed E-state index contributed by atoms with van der Waals surface area (Å²) in [5.41, 5.74) is 6.70. The number of carbonyl (C=O) groups is 2. The number of carbonyl (C=O) groups excluding carboxylic acids is 2. The molecule has 0 bridgehead atoms. The van der Waals surface area contributed by atoms with E-state index in [9.17, 15) is 10.2 Å². The third kappa shape index (κ3) is 15.2. The second-order valence-electron chi connectivity index (χ2n) is 15.1. The van der Waals surface area contributed by atoms with Crippen LogP contribution < -0.4 is 10.2 Å². The summed E-state index contributed by atoms with van der Waals surface area (Å²) in [4.78, 5) is 27.6. The molecule has 0 amide bonds. The van der Waals surface area contributed by atoms with E-state index in [1.54, 1.807) is 12.4 Å². The minimum absolute atomic E-state index is 0. The molecule has 0 atom stereocenters. The van der Waals surface area contributed by atoms with Crippen molar-refractivity contribution in [2.75, 3.05) is 0 Å². The standard InChI is InChI=1S/C40H50N2O2.2C2H4O2.Co/c1-9-11-15-27-19-31(37(43)33(21-27)39(3,4)5)25-41-35-23-29-17-13-14-18-30(29)24-36(35)42-26-32-20-28(16-12-10-2)22-34(38(32)44)40(6,7)8;2*1-2(3)4;/h13-14,17-26,43-44H,9-12,15-16H2,1-8H3;2*1H3,(H,3,4);/q;;;+2/p-2. The first kappa shape index (κ1) is 46.5. The minimum atomic E-state index is -1.08. The maximum absolute atomic E-state index is 11.3. The van der Waals surface area contributed by atoms with Gasteiger partial charge in [-0.2, -0.15) is 0 Å². The van der Waals surface area contributed by atoms with Crippen LogP contribution in [0.15, 0.2) is 70.6 Å². The van der Waals surface area contributed by atoms with Crippen molar-refractivity contribution in [2.24, 2.45) is 9.98 Å². The van der Waals surface area contributed by atoms with Crippen LogP contribution in [0.4, 0.5) is 11.4 Å². The summed E-state index contributed by atoms with van der Waals surface area (Å²) in [6, 6.07) is 20.7. The third-order valence-corrected chi connectivity index (χ3v) is 8.18. The number of phenols is 2. The first-order valence-electron chi connectivity index (χ1n) is 18.0. The summed E-state index contributed by atoms with van der Waals surface area (Å²) >= 11 is 0. The zero-order valence-electron chi connectivity index (χ0n) is 32.9. The van der Waals surface area contributed by atoms with E-state index in [-0.39, 0.29) is 39.1 Å². The number of aryl methyl sites for hydroxylation is 2. The van der Waals surface area contributed by atoms with Gasteiger partial charge >= 0.3 is 16.8 Å². The van der Waals surface area contributed by atoms with Gasteiger partial charge in [0.25, 0.3) is 0 Å². The normalized spacial score (nSPS) is 11.4. The van der Waals surface area contributed by atoms with Gasteiger partial charge in [-0.3, -0.25) is 9.98 Å². The van der Waals surface area contributed by atoms with Crippen LogP contribution in [0.3, 0.4) is 0 Å². The predicted octanol–water partition coefficient (Wildman–Crippen LogP) is 8.54. The van der Waals surface area contributed by atoms with Gasteiger partial charge in [-0.05, 0) is 96.5 Å². The molecule has 4 rings (SSSR count). The summed E-state index contributed by atoms with van der Waals surface area (Å²) in [6.07, 6.45) is 9.88. The van der Waals surface area contributed by atoms with Gasteiger partial charge < -0.3 is 30.0 Å². The topological polar surface area (TPSA) is 145 Å². The van der Waals surface area contributed by atoms with Crippen LogP contribution >= 0.6 is 0 Å². The van der Waals surface area contributed by atoms with Crippen molar-refractivity contribution in [3.05, 3.63) is 94.0 Å². The minimum Gasteiger partial charge on any atom is -0.550 e. The summed E-state index contributed by atoms with van der Waals surface area (Å²) < 4.78 is 0. The number of fused-ring (bicyclic) bond motifs is 1. The van der Waals surface area contributed by atoms with Gasteiger partial charge in [-0.25, -0.2) is 0 Å². The molecule has 0 aliphatic carbocycles. The van der Waals surface area contributed by atoms with Gasteiger partial charge in [0.15, 0.2) is 0 Å². The van der Waals surface area contributed by atoms with Crippen LogP contribution in [-0.2, 0) is 50.0 Å². The molecule has 4 aromatic rings. The Kier molecular flexibility index (Phi) is 18.7. The van der Waals surface area contributed by atoms with Gasteiger partial charge in [0.05, 0.1) is 11.4 Å². The summed E-state index contributed by atoms with van der Waals surface area (Å²) in [7, 11) is 0. The fourth-order valence-corrected chi connectivity index (χ4v) is 5.53. The molecule has 9 heteroatoms. The number of nitrogens with zero attached hydrogens (tertiary/aromatic N) is 2. The van der Waals surface area contributed by atoms with E-state index in [0.29, 0.717) is 22.5 Å². The number of carboxylic acids is 2. The molecule has 0 fully saturated rings. The summed E-state index contributed by atoms with van der Waals surface area (Å²) in [6.45, 7) is 19.1. The number of unbranched alkanes of at least 4 members (excludes halogenated alkanes) is 2. The number of aliphatic carboxylic acids is 2. The third-order valence-electron chi connectivity index (χ3n) is 8.18. The van der Waals surface area contributed by atoms with Crippen molar-refractivity contribution in [1.82, 2.24) is 0 Å². The van der Waals surface area contributed by atoms with Gasteiger partial charge in [0.2, 0.25) is 0 Å². The SMILES string of the molecule is CC(=O)[O-].CC(=O)[O-].CCCCc1cc(C=Nc2cc3ccccc3cc2N=Cc2cc(CCCC)cc(C(C)(C)C)c2O)c(O)c(C(C)(C)C)c1.[Co+2]. The molecule has 8 nitrogen and oxygen atoms in total. The van der Waals surface area contributed by atoms with E-state index in [0.717, 1.165) is 74.3 Å². The van der Waals surface area contributed by atoms with Crippen LogP contribution in [0, 0.1) is 0 Å². The van der Waals surface area contributed by atoms with Crippen molar-refractivity contribution >= 4 is 46.5 Å². The Labute approximate surface area is 326 Å². The maximum Gasteiger partial charge on any atom is 2.00 e. The molecule has 0 unspecified atom stereocenters. The molecule has 53 heavy (non-hydrogen) atoms. The quantitative estimate of drug-likeness (QED) is 0.155. The molecule has 0 spiro atoms. The molecular formula is C44H56CoN2O6. The van der Waals surface area contributed by atoms with Crippen molar-refractivity contribution in [2.45, 2.75) is 119 Å². The molecule has 0 saturated heterocycles. The number of aliphatic imine (C=N–C) groups is 2. The number of hydrogen-bond acceptors (Lipinski definition) is 8. The average Bonchev–Trinajstić information content (AvgIpc) is 3.04. The fraction of sp³-hybridized carbons (Fsp3) is 0.409. The second kappa shape index (κ2) is 21.3. The molecule has 4 aromatic carbocycles. The molecule has 0 aromatic heterocycles. The zero-order valence-corrected chi connectivity index (χ0v) is 34.0. The summed E-state index contributed by atoms with van der Waals surface area (Å²) in [5.74, 6) is -1.62. The van der Waals surface area contributed by atoms with E-state index in [4.69, 9.17) is 29.8 Å². The smallest absolute Gasteiger partial charge is 0.550 e. The van der Waals surface area contributed by atoms with Gasteiger partial charge in [0, 0.05) is 46.6 Å². The maximum atomic E-state index is 11.3. The largest absolute Gasteiger partial charge is 2.00 e. The van der Waals surface area contributed by atoms with Crippen LogP contribution in [-0.4, -0.2) is 34.6 Å². The summed E-state index contributed by atoms with van der Waals surface area (Å²) in [5, 5.41) is 42.5. The van der Waals surface area contributed by atoms with Crippen LogP contribution in [0.1, 0.15) is 128 Å². The van der Waals surface area contributed by atoms with E-state index >= 15 is 0 Å². The second-order valence-corrected chi connectivity index (χ2v) is 15.1. The Morgan fingerprint density at radius 3 is 1.25 bits per heavy atom. The average molecular weight is 768 g/mol. The Bertz CT molecular complexity index is 1740. The molecular weight excluding hydrogens is 711 g/mol. The van der Waals surface area contributed by atoms with Crippen molar-refractivity contribution in [1.29, 1.82) is 0 Å². The van der Waals surface area contributed by atoms with Crippen LogP contribution in [0.25, 0.3) is 10.8 Å².